The second-order valence-corrected chi connectivity index (χ2v) is 6.97. The van der Waals surface area contributed by atoms with E-state index in [1.807, 2.05) is 42.5 Å². The molecule has 0 aliphatic heterocycles. The molecule has 6 heteroatoms. The zero-order valence-corrected chi connectivity index (χ0v) is 15.7. The van der Waals surface area contributed by atoms with Crippen LogP contribution in [0.4, 0.5) is 0 Å². The molecule has 4 rings (SSSR count). The number of aromatic nitrogens is 2. The molecule has 28 heavy (non-hydrogen) atoms. The minimum atomic E-state index is -0.114. The van der Waals surface area contributed by atoms with Crippen molar-refractivity contribution < 1.29 is 14.6 Å². The molecule has 0 spiro atoms. The van der Waals surface area contributed by atoms with E-state index < -0.39 is 0 Å². The maximum atomic E-state index is 12.6. The molecule has 144 valence electrons. The first kappa shape index (κ1) is 18.3. The Bertz CT molecular complexity index is 1020. The Hall–Kier alpha value is -3.12. The summed E-state index contributed by atoms with van der Waals surface area (Å²) in [7, 11) is 1.57. The van der Waals surface area contributed by atoms with Crippen molar-refractivity contribution in [1.29, 1.82) is 0 Å². The second-order valence-electron chi connectivity index (χ2n) is 6.97. The Morgan fingerprint density at radius 3 is 2.71 bits per heavy atom. The van der Waals surface area contributed by atoms with Crippen molar-refractivity contribution in [2.45, 2.75) is 25.3 Å². The number of fused-ring (bicyclic) bond motifs is 1. The van der Waals surface area contributed by atoms with Gasteiger partial charge in [-0.25, -0.2) is 0 Å². The number of ether oxygens (including phenoxy) is 1. The fourth-order valence-electron chi connectivity index (χ4n) is 3.21. The van der Waals surface area contributed by atoms with Crippen molar-refractivity contribution in [3.63, 3.8) is 0 Å². The molecule has 1 fully saturated rings. The molecule has 1 aliphatic carbocycles. The van der Waals surface area contributed by atoms with Gasteiger partial charge in [-0.05, 0) is 48.6 Å². The Labute approximate surface area is 163 Å². The number of hydrogen-bond donors (Lipinski definition) is 3. The Morgan fingerprint density at radius 2 is 2.04 bits per heavy atom. The number of benzene rings is 2. The maximum Gasteiger partial charge on any atom is 0.255 e. The quantitative estimate of drug-likeness (QED) is 0.590. The van der Waals surface area contributed by atoms with Crippen molar-refractivity contribution in [2.24, 2.45) is 0 Å². The van der Waals surface area contributed by atoms with E-state index in [2.05, 4.69) is 15.5 Å². The average molecular weight is 377 g/mol. The fraction of sp³-hybridized carbons (Fsp3) is 0.273. The molecule has 1 heterocycles. The molecule has 6 nitrogen and oxygen atoms in total. The van der Waals surface area contributed by atoms with Gasteiger partial charge >= 0.3 is 0 Å². The summed E-state index contributed by atoms with van der Waals surface area (Å²) in [6.45, 7) is 0.144. The Balaban J connectivity index is 1.65. The number of aromatic amines is 1. The standard InChI is InChI=1S/C22H23N3O3/c1-28-21-17(22(27)23-16-7-8-16)9-11-19-20(21)18(24-25-19)10-6-14-2-4-15(5-3-14)12-13-26/h2-6,9-11,16,26H,7-8,12-13H2,1H3,(H,23,27)(H,24,25)/b10-6+. The largest absolute Gasteiger partial charge is 0.495 e. The third-order valence-corrected chi connectivity index (χ3v) is 4.89. The maximum absolute atomic E-state index is 12.6. The van der Waals surface area contributed by atoms with Gasteiger partial charge in [0.05, 0.1) is 29.3 Å². The van der Waals surface area contributed by atoms with Crippen LogP contribution in [0, 0.1) is 0 Å². The second kappa shape index (κ2) is 7.86. The average Bonchev–Trinajstić information content (AvgIpc) is 3.43. The number of carbonyl (C=O) groups excluding carboxylic acids is 1. The van der Waals surface area contributed by atoms with Crippen LogP contribution in [0.15, 0.2) is 36.4 Å². The van der Waals surface area contributed by atoms with Crippen LogP contribution in [0.2, 0.25) is 0 Å². The van der Waals surface area contributed by atoms with E-state index in [0.29, 0.717) is 23.4 Å². The van der Waals surface area contributed by atoms with Gasteiger partial charge in [-0.1, -0.05) is 30.3 Å². The predicted molar refractivity (Wildman–Crippen MR) is 109 cm³/mol. The molecule has 3 N–H and O–H groups in total. The van der Waals surface area contributed by atoms with Crippen LogP contribution in [-0.4, -0.2) is 41.0 Å². The Kier molecular flexibility index (Phi) is 5.12. The molecule has 2 aromatic carbocycles. The minimum absolute atomic E-state index is 0.114. The lowest BCUT2D eigenvalue weighted by molar-refractivity contribution is 0.0948. The van der Waals surface area contributed by atoms with Crippen LogP contribution >= 0.6 is 0 Å². The lowest BCUT2D eigenvalue weighted by Crippen LogP contribution is -2.25. The summed E-state index contributed by atoms with van der Waals surface area (Å²) < 4.78 is 5.60. The van der Waals surface area contributed by atoms with E-state index in [0.717, 1.165) is 34.9 Å². The van der Waals surface area contributed by atoms with E-state index in [4.69, 9.17) is 9.84 Å². The van der Waals surface area contributed by atoms with Crippen LogP contribution in [0.1, 0.15) is 40.0 Å². The number of nitrogens with one attached hydrogen (secondary N) is 2. The number of aliphatic hydroxyl groups excluding tert-OH is 1. The van der Waals surface area contributed by atoms with Gasteiger partial charge in [-0.2, -0.15) is 5.10 Å². The van der Waals surface area contributed by atoms with Gasteiger partial charge in [-0.15, -0.1) is 0 Å². The highest BCUT2D eigenvalue weighted by Crippen LogP contribution is 2.33. The number of amides is 1. The number of methoxy groups -OCH3 is 1. The molecule has 1 amide bonds. The van der Waals surface area contributed by atoms with Crippen molar-refractivity contribution in [3.05, 3.63) is 58.8 Å². The highest BCUT2D eigenvalue weighted by atomic mass is 16.5. The summed E-state index contributed by atoms with van der Waals surface area (Å²) >= 11 is 0. The molecular formula is C22H23N3O3. The number of H-pyrrole nitrogens is 1. The molecule has 0 saturated heterocycles. The number of rotatable bonds is 7. The minimum Gasteiger partial charge on any atom is -0.495 e. The van der Waals surface area contributed by atoms with Gasteiger partial charge in [0.1, 0.15) is 5.75 Å². The van der Waals surface area contributed by atoms with E-state index in [1.54, 1.807) is 13.2 Å². The first-order chi connectivity index (χ1) is 13.7. The Morgan fingerprint density at radius 1 is 1.25 bits per heavy atom. The normalized spacial score (nSPS) is 13.9. The van der Waals surface area contributed by atoms with E-state index in [-0.39, 0.29) is 18.6 Å². The fourth-order valence-corrected chi connectivity index (χ4v) is 3.21. The summed E-state index contributed by atoms with van der Waals surface area (Å²) in [5.74, 6) is 0.416. The van der Waals surface area contributed by atoms with Crippen LogP contribution in [0.25, 0.3) is 23.1 Å². The molecule has 0 radical (unpaired) electrons. The molecular weight excluding hydrogens is 354 g/mol. The predicted octanol–water partition coefficient (Wildman–Crippen LogP) is 3.17. The van der Waals surface area contributed by atoms with Crippen molar-refractivity contribution >= 4 is 29.0 Å². The van der Waals surface area contributed by atoms with Gasteiger partial charge in [0.15, 0.2) is 0 Å². The summed E-state index contributed by atoms with van der Waals surface area (Å²) in [6, 6.07) is 11.9. The SMILES string of the molecule is COc1c(C(=O)NC2CC2)ccc2[nH]nc(/C=C/c3ccc(CCO)cc3)c12. The van der Waals surface area contributed by atoms with Gasteiger partial charge < -0.3 is 15.2 Å². The highest BCUT2D eigenvalue weighted by Gasteiger charge is 2.26. The lowest BCUT2D eigenvalue weighted by Gasteiger charge is -2.10. The summed E-state index contributed by atoms with van der Waals surface area (Å²) in [5, 5.41) is 20.2. The van der Waals surface area contributed by atoms with Crippen LogP contribution in [0.5, 0.6) is 5.75 Å². The molecule has 0 bridgehead atoms. The highest BCUT2D eigenvalue weighted by molar-refractivity contribution is 6.05. The lowest BCUT2D eigenvalue weighted by atomic mass is 10.1. The zero-order chi connectivity index (χ0) is 19.5. The third-order valence-electron chi connectivity index (χ3n) is 4.89. The van der Waals surface area contributed by atoms with Gasteiger partial charge in [0, 0.05) is 12.6 Å². The summed E-state index contributed by atoms with van der Waals surface area (Å²) in [5.41, 5.74) is 4.17. The van der Waals surface area contributed by atoms with Crippen LogP contribution in [0.3, 0.4) is 0 Å². The van der Waals surface area contributed by atoms with Crippen molar-refractivity contribution in [1.82, 2.24) is 15.5 Å². The number of aliphatic hydroxyl groups is 1. The van der Waals surface area contributed by atoms with E-state index in [1.165, 1.54) is 0 Å². The van der Waals surface area contributed by atoms with Crippen LogP contribution < -0.4 is 10.1 Å². The van der Waals surface area contributed by atoms with Gasteiger partial charge in [0.25, 0.3) is 5.91 Å². The van der Waals surface area contributed by atoms with Gasteiger partial charge in [0.2, 0.25) is 0 Å². The summed E-state index contributed by atoms with van der Waals surface area (Å²) in [6.07, 6.45) is 6.59. The molecule has 1 saturated carbocycles. The molecule has 3 aromatic rings. The monoisotopic (exact) mass is 377 g/mol. The third kappa shape index (κ3) is 3.77. The first-order valence-corrected chi connectivity index (χ1v) is 9.43. The zero-order valence-electron chi connectivity index (χ0n) is 15.7. The molecule has 0 atom stereocenters. The topological polar surface area (TPSA) is 87.2 Å². The smallest absolute Gasteiger partial charge is 0.255 e. The van der Waals surface area contributed by atoms with Crippen molar-refractivity contribution in [2.75, 3.05) is 13.7 Å². The number of hydrogen-bond acceptors (Lipinski definition) is 4. The van der Waals surface area contributed by atoms with E-state index >= 15 is 0 Å². The molecule has 1 aliphatic rings. The summed E-state index contributed by atoms with van der Waals surface area (Å²) in [4.78, 5) is 12.6. The van der Waals surface area contributed by atoms with E-state index in [9.17, 15) is 4.79 Å². The number of nitrogens with zero attached hydrogens (tertiary/aromatic N) is 1. The number of carbonyl (C=O) groups is 1. The first-order valence-electron chi connectivity index (χ1n) is 9.43. The van der Waals surface area contributed by atoms with Gasteiger partial charge in [-0.3, -0.25) is 9.89 Å². The molecule has 0 unspecified atom stereocenters. The van der Waals surface area contributed by atoms with Crippen molar-refractivity contribution in [3.8, 4) is 5.75 Å². The molecule has 1 aromatic heterocycles. The van der Waals surface area contributed by atoms with Crippen LogP contribution in [-0.2, 0) is 6.42 Å².